The Hall–Kier alpha value is -2.61. The third kappa shape index (κ3) is 7.21. The molecular formula is C30H18Br2Cl3F3N2O4S. The number of alkyl halides is 3. The van der Waals surface area contributed by atoms with Crippen LogP contribution in [0.3, 0.4) is 0 Å². The van der Waals surface area contributed by atoms with E-state index in [1.54, 1.807) is 30.3 Å². The van der Waals surface area contributed by atoms with E-state index in [1.165, 1.54) is 37.3 Å². The summed E-state index contributed by atoms with van der Waals surface area (Å²) in [5.41, 5.74) is -1.64. The molecule has 0 fully saturated rings. The quantitative estimate of drug-likeness (QED) is 0.176. The maximum absolute atomic E-state index is 14.4. The van der Waals surface area contributed by atoms with Crippen molar-refractivity contribution >= 4 is 90.0 Å². The lowest BCUT2D eigenvalue weighted by Gasteiger charge is -2.26. The summed E-state index contributed by atoms with van der Waals surface area (Å²) in [6.45, 7) is 1.33. The van der Waals surface area contributed by atoms with Crippen molar-refractivity contribution in [3.63, 3.8) is 0 Å². The molecule has 1 atom stereocenters. The topological polar surface area (TPSA) is 69.9 Å². The van der Waals surface area contributed by atoms with Crippen molar-refractivity contribution in [2.75, 3.05) is 6.61 Å². The van der Waals surface area contributed by atoms with Crippen molar-refractivity contribution in [2.24, 2.45) is 4.99 Å². The molecule has 0 saturated heterocycles. The van der Waals surface area contributed by atoms with Crippen molar-refractivity contribution in [1.82, 2.24) is 4.57 Å². The molecule has 0 spiro atoms. The second-order valence-corrected chi connectivity index (χ2v) is 13.5. The van der Waals surface area contributed by atoms with Crippen LogP contribution in [0.5, 0.6) is 5.75 Å². The molecule has 45 heavy (non-hydrogen) atoms. The van der Waals surface area contributed by atoms with Crippen LogP contribution in [-0.2, 0) is 16.1 Å². The lowest BCUT2D eigenvalue weighted by molar-refractivity contribution is -0.140. The zero-order chi connectivity index (χ0) is 32.6. The minimum absolute atomic E-state index is 0.0405. The van der Waals surface area contributed by atoms with E-state index in [1.807, 2.05) is 0 Å². The second kappa shape index (κ2) is 13.6. The molecule has 0 saturated carbocycles. The number of hydrogen-bond acceptors (Lipinski definition) is 6. The number of carbonyl (C=O) groups excluding carboxylic acids is 1. The standard InChI is InChI=1S/C30H18Br2Cl3F3N2O4S/c1-2-43-28(42)23-24(14-3-6-18(33)7-4-14)40-27(41)22(45-29(40)39-26(23)30(36,37)38)10-16-9-17(31)11-20(32)25(16)44-13-15-5-8-19(34)12-21(15)35/h3-12,24H,2,13H2,1H3/b22-10-/t24-/m1/s1. The Kier molecular flexibility index (Phi) is 10.2. The molecule has 1 aliphatic heterocycles. The van der Waals surface area contributed by atoms with Gasteiger partial charge in [-0.2, -0.15) is 13.2 Å². The van der Waals surface area contributed by atoms with Gasteiger partial charge >= 0.3 is 12.1 Å². The van der Waals surface area contributed by atoms with Crippen LogP contribution in [0.15, 0.2) is 84.6 Å². The van der Waals surface area contributed by atoms with E-state index in [2.05, 4.69) is 36.9 Å². The molecular weight excluding hydrogens is 808 g/mol. The smallest absolute Gasteiger partial charge is 0.434 e. The van der Waals surface area contributed by atoms with Crippen LogP contribution in [-0.4, -0.2) is 23.3 Å². The van der Waals surface area contributed by atoms with E-state index in [0.29, 0.717) is 40.9 Å². The summed E-state index contributed by atoms with van der Waals surface area (Å²) < 4.78 is 56.6. The van der Waals surface area contributed by atoms with Crippen LogP contribution in [0.2, 0.25) is 15.1 Å². The molecule has 234 valence electrons. The van der Waals surface area contributed by atoms with Gasteiger partial charge in [-0.15, -0.1) is 0 Å². The molecule has 6 nitrogen and oxygen atoms in total. The molecule has 0 aliphatic carbocycles. The van der Waals surface area contributed by atoms with Crippen LogP contribution in [0, 0.1) is 0 Å². The molecule has 1 aliphatic rings. The van der Waals surface area contributed by atoms with Gasteiger partial charge in [-0.1, -0.05) is 80.3 Å². The van der Waals surface area contributed by atoms with Crippen LogP contribution in [0.25, 0.3) is 6.08 Å². The number of carbonyl (C=O) groups is 1. The van der Waals surface area contributed by atoms with Gasteiger partial charge in [-0.25, -0.2) is 9.79 Å². The monoisotopic (exact) mass is 822 g/mol. The average molecular weight is 826 g/mol. The average Bonchev–Trinajstić information content (AvgIpc) is 3.27. The zero-order valence-electron chi connectivity index (χ0n) is 22.7. The molecule has 0 N–H and O–H groups in total. The summed E-state index contributed by atoms with van der Waals surface area (Å²) >= 11 is 26.0. The lowest BCUT2D eigenvalue weighted by atomic mass is 9.95. The van der Waals surface area contributed by atoms with E-state index in [9.17, 15) is 22.8 Å². The van der Waals surface area contributed by atoms with Crippen LogP contribution in [0.1, 0.15) is 29.7 Å². The van der Waals surface area contributed by atoms with Gasteiger partial charge < -0.3 is 9.47 Å². The fraction of sp³-hybridized carbons (Fsp3) is 0.167. The summed E-state index contributed by atoms with van der Waals surface area (Å²) in [6.07, 6.45) is -3.54. The van der Waals surface area contributed by atoms with Crippen LogP contribution in [0.4, 0.5) is 13.2 Å². The van der Waals surface area contributed by atoms with Crippen molar-refractivity contribution in [3.05, 3.63) is 126 Å². The fourth-order valence-electron chi connectivity index (χ4n) is 4.57. The number of nitrogens with zero attached hydrogens (tertiary/aromatic N) is 2. The number of halogens is 8. The Bertz CT molecular complexity index is 2030. The third-order valence-corrected chi connectivity index (χ3v) is 9.36. The van der Waals surface area contributed by atoms with E-state index in [0.717, 1.165) is 15.9 Å². The first-order valence-corrected chi connectivity index (χ1v) is 16.4. The van der Waals surface area contributed by atoms with E-state index in [-0.39, 0.29) is 28.1 Å². The van der Waals surface area contributed by atoms with Gasteiger partial charge in [0.1, 0.15) is 12.4 Å². The number of fused-ring (bicyclic) bond motifs is 1. The number of ether oxygens (including phenoxy) is 2. The zero-order valence-corrected chi connectivity index (χ0v) is 29.0. The Morgan fingerprint density at radius 3 is 2.40 bits per heavy atom. The highest BCUT2D eigenvalue weighted by atomic mass is 79.9. The minimum Gasteiger partial charge on any atom is -0.487 e. The summed E-state index contributed by atoms with van der Waals surface area (Å²) in [7, 11) is 0. The van der Waals surface area contributed by atoms with Crippen LogP contribution >= 0.6 is 78.0 Å². The molecule has 4 aromatic rings. The predicted octanol–water partition coefficient (Wildman–Crippen LogP) is 8.40. The lowest BCUT2D eigenvalue weighted by Crippen LogP contribution is -2.41. The van der Waals surface area contributed by atoms with Crippen molar-refractivity contribution in [3.8, 4) is 5.75 Å². The molecule has 15 heteroatoms. The number of esters is 1. The number of hydrogen-bond donors (Lipinski definition) is 0. The van der Waals surface area contributed by atoms with Gasteiger partial charge in [0.2, 0.25) is 0 Å². The highest BCUT2D eigenvalue weighted by molar-refractivity contribution is 9.11. The Labute approximate surface area is 289 Å². The Morgan fingerprint density at radius 2 is 1.76 bits per heavy atom. The van der Waals surface area contributed by atoms with E-state index < -0.39 is 35.0 Å². The fourth-order valence-corrected chi connectivity index (χ4v) is 7.52. The SMILES string of the molecule is CCOC(=O)C1=C(C(F)(F)F)N=c2s/c(=C\c3cc(Br)cc(Br)c3OCc3ccc(Cl)cc3Cl)c(=O)n2[C@@H]1c1ccc(Cl)cc1. The molecule has 5 rings (SSSR count). The van der Waals surface area contributed by atoms with Gasteiger partial charge in [0.25, 0.3) is 5.56 Å². The molecule has 2 heterocycles. The molecule has 1 aromatic heterocycles. The van der Waals surface area contributed by atoms with Gasteiger partial charge in [-0.3, -0.25) is 9.36 Å². The Balaban J connectivity index is 1.71. The predicted molar refractivity (Wildman–Crippen MR) is 175 cm³/mol. The van der Waals surface area contributed by atoms with Crippen molar-refractivity contribution in [1.29, 1.82) is 0 Å². The van der Waals surface area contributed by atoms with Gasteiger partial charge in [0, 0.05) is 30.7 Å². The molecule has 3 aromatic carbocycles. The van der Waals surface area contributed by atoms with Crippen molar-refractivity contribution < 1.29 is 27.4 Å². The number of benzene rings is 3. The summed E-state index contributed by atoms with van der Waals surface area (Å²) in [5, 5.41) is 1.17. The van der Waals surface area contributed by atoms with Gasteiger partial charge in [-0.05, 0) is 70.9 Å². The number of allylic oxidation sites excluding steroid dienone is 1. The molecule has 0 unspecified atom stereocenters. The molecule has 0 bridgehead atoms. The Morgan fingerprint density at radius 1 is 1.07 bits per heavy atom. The summed E-state index contributed by atoms with van der Waals surface area (Å²) in [5.74, 6) is -0.900. The first-order valence-electron chi connectivity index (χ1n) is 12.9. The molecule has 0 amide bonds. The maximum atomic E-state index is 14.4. The minimum atomic E-state index is -5.03. The number of aromatic nitrogens is 1. The van der Waals surface area contributed by atoms with Gasteiger partial charge in [0.05, 0.1) is 27.2 Å². The highest BCUT2D eigenvalue weighted by Crippen LogP contribution is 2.39. The third-order valence-electron chi connectivity index (χ3n) is 6.49. The first-order chi connectivity index (χ1) is 21.3. The second-order valence-electron chi connectivity index (χ2n) is 9.45. The van der Waals surface area contributed by atoms with Crippen molar-refractivity contribution in [2.45, 2.75) is 25.7 Å². The first kappa shape index (κ1) is 33.7. The largest absolute Gasteiger partial charge is 0.487 e. The summed E-state index contributed by atoms with van der Waals surface area (Å²) in [4.78, 5) is 30.6. The molecule has 0 radical (unpaired) electrons. The maximum Gasteiger partial charge on any atom is 0.434 e. The highest BCUT2D eigenvalue weighted by Gasteiger charge is 2.45. The summed E-state index contributed by atoms with van der Waals surface area (Å²) in [6, 6.07) is 12.7. The normalized spacial score (nSPS) is 15.1. The van der Waals surface area contributed by atoms with Crippen LogP contribution < -0.4 is 19.6 Å². The number of thiazole rings is 1. The van der Waals surface area contributed by atoms with E-state index >= 15 is 0 Å². The number of rotatable bonds is 7. The van der Waals surface area contributed by atoms with Gasteiger partial charge in [0.15, 0.2) is 10.5 Å². The van der Waals surface area contributed by atoms with E-state index in [4.69, 9.17) is 44.3 Å².